The summed E-state index contributed by atoms with van der Waals surface area (Å²) < 4.78 is 38.0. The van der Waals surface area contributed by atoms with Gasteiger partial charge in [0.2, 0.25) is 0 Å². The Balaban J connectivity index is 1.72. The Morgan fingerprint density at radius 1 is 1.21 bits per heavy atom. The minimum Gasteiger partial charge on any atom is -0.449 e. The molecule has 28 heavy (non-hydrogen) atoms. The molecule has 8 nitrogen and oxygen atoms in total. The summed E-state index contributed by atoms with van der Waals surface area (Å²) in [6, 6.07) is 12.6. The number of carbonyl (C=O) groups excluding carboxylic acids is 1. The number of aliphatic imine (C=N–C) groups is 1. The van der Waals surface area contributed by atoms with E-state index in [0.717, 1.165) is 11.9 Å². The van der Waals surface area contributed by atoms with Crippen molar-refractivity contribution >= 4 is 44.7 Å². The summed E-state index contributed by atoms with van der Waals surface area (Å²) in [5.41, 5.74) is 0.973. The lowest BCUT2D eigenvalue weighted by molar-refractivity contribution is 0.138. The molecule has 0 bridgehead atoms. The van der Waals surface area contributed by atoms with Gasteiger partial charge in [0, 0.05) is 11.9 Å². The van der Waals surface area contributed by atoms with E-state index >= 15 is 0 Å². The van der Waals surface area contributed by atoms with Gasteiger partial charge in [-0.05, 0) is 36.2 Å². The lowest BCUT2D eigenvalue weighted by atomic mass is 10.2. The van der Waals surface area contributed by atoms with Gasteiger partial charge in [0.25, 0.3) is 0 Å². The molecule has 0 aliphatic carbocycles. The summed E-state index contributed by atoms with van der Waals surface area (Å²) in [4.78, 5) is 16.0. The Labute approximate surface area is 167 Å². The molecule has 1 aliphatic rings. The Morgan fingerprint density at radius 3 is 2.68 bits per heavy atom. The number of alkyl carbamates (subject to hydrolysis) is 1. The van der Waals surface area contributed by atoms with E-state index in [1.165, 1.54) is 18.2 Å². The first-order chi connectivity index (χ1) is 13.3. The number of nitrogens with zero attached hydrogens (tertiary/aromatic N) is 1. The highest BCUT2D eigenvalue weighted by atomic mass is 32.2. The number of ether oxygens (including phenoxy) is 1. The van der Waals surface area contributed by atoms with Crippen LogP contribution in [0.25, 0.3) is 0 Å². The molecule has 0 saturated carbocycles. The fraction of sp³-hybridized carbons (Fsp3) is 0.222. The summed E-state index contributed by atoms with van der Waals surface area (Å²) in [5.74, 6) is 0.455. The first kappa shape index (κ1) is 20.0. The van der Waals surface area contributed by atoms with Crippen molar-refractivity contribution < 1.29 is 22.1 Å². The van der Waals surface area contributed by atoms with E-state index in [4.69, 9.17) is 8.92 Å². The first-order valence-electron chi connectivity index (χ1n) is 8.42. The van der Waals surface area contributed by atoms with E-state index in [1.807, 2.05) is 13.8 Å². The number of nitrogens with one attached hydrogen (secondary N) is 2. The number of rotatable bonds is 5. The van der Waals surface area contributed by atoms with Crippen LogP contribution in [-0.4, -0.2) is 26.3 Å². The second-order valence-corrected chi connectivity index (χ2v) is 8.61. The zero-order valence-corrected chi connectivity index (χ0v) is 16.8. The fourth-order valence-electron chi connectivity index (χ4n) is 2.16. The maximum Gasteiger partial charge on any atom is 0.413 e. The molecule has 2 aromatic rings. The maximum absolute atomic E-state index is 12.5. The van der Waals surface area contributed by atoms with E-state index in [1.54, 1.807) is 30.3 Å². The topological polar surface area (TPSA) is 106 Å². The highest BCUT2D eigenvalue weighted by Crippen LogP contribution is 2.34. The van der Waals surface area contributed by atoms with Crippen LogP contribution in [0.1, 0.15) is 13.8 Å². The quantitative estimate of drug-likeness (QED) is 0.557. The van der Waals surface area contributed by atoms with E-state index in [0.29, 0.717) is 23.1 Å². The zero-order chi connectivity index (χ0) is 20.1. The molecule has 0 spiro atoms. The molecular formula is C18H19N3O5S2. The van der Waals surface area contributed by atoms with Gasteiger partial charge in [0.1, 0.15) is 10.6 Å². The van der Waals surface area contributed by atoms with Crippen LogP contribution >= 0.6 is 11.9 Å². The lowest BCUT2D eigenvalue weighted by Crippen LogP contribution is -2.31. The van der Waals surface area contributed by atoms with Gasteiger partial charge >= 0.3 is 16.2 Å². The van der Waals surface area contributed by atoms with Crippen molar-refractivity contribution in [3.05, 3.63) is 48.5 Å². The molecule has 2 N–H and O–H groups in total. The predicted molar refractivity (Wildman–Crippen MR) is 108 cm³/mol. The van der Waals surface area contributed by atoms with Gasteiger partial charge < -0.3 is 13.6 Å². The number of carbonyl (C=O) groups is 1. The van der Waals surface area contributed by atoms with Gasteiger partial charge in [-0.25, -0.2) is 9.79 Å². The summed E-state index contributed by atoms with van der Waals surface area (Å²) in [6.07, 6.45) is -0.597. The molecule has 148 valence electrons. The maximum atomic E-state index is 12.5. The van der Waals surface area contributed by atoms with Crippen LogP contribution in [0.4, 0.5) is 16.2 Å². The van der Waals surface area contributed by atoms with Gasteiger partial charge in [-0.3, -0.25) is 5.32 Å². The fourth-order valence-corrected chi connectivity index (χ4v) is 3.76. The zero-order valence-electron chi connectivity index (χ0n) is 15.2. The Bertz CT molecular complexity index is 992. The third kappa shape index (κ3) is 5.17. The van der Waals surface area contributed by atoms with Crippen molar-refractivity contribution in [1.29, 1.82) is 0 Å². The molecule has 10 heteroatoms. The Hall–Kier alpha value is -2.72. The highest BCUT2D eigenvalue weighted by Gasteiger charge is 2.21. The van der Waals surface area contributed by atoms with Gasteiger partial charge in [0.05, 0.1) is 18.0 Å². The number of amidine groups is 1. The summed E-state index contributed by atoms with van der Waals surface area (Å²) >= 11 is 1.04. The third-order valence-electron chi connectivity index (χ3n) is 3.44. The minimum absolute atomic E-state index is 0.00819. The largest absolute Gasteiger partial charge is 0.449 e. The standard InChI is InChI=1S/C18H19N3O5S2/c1-12(2)11-25-18(22)20-17-19-15-9-8-14(10-16(15)21-27-17)28(23,24)26-13-6-4-3-5-7-13/h3-10,12,21H,11H2,1-2H3,(H,19,20,22). The monoisotopic (exact) mass is 421 g/mol. The van der Waals surface area contributed by atoms with E-state index in [9.17, 15) is 13.2 Å². The van der Waals surface area contributed by atoms with Crippen molar-refractivity contribution in [2.24, 2.45) is 10.9 Å². The number of para-hydroxylation sites is 1. The number of anilines is 1. The van der Waals surface area contributed by atoms with Gasteiger partial charge in [-0.1, -0.05) is 32.0 Å². The lowest BCUT2D eigenvalue weighted by Gasteiger charge is -2.18. The second-order valence-electron chi connectivity index (χ2n) is 6.27. The molecule has 1 amide bonds. The molecule has 0 fully saturated rings. The predicted octanol–water partition coefficient (Wildman–Crippen LogP) is 3.90. The van der Waals surface area contributed by atoms with Crippen molar-refractivity contribution in [1.82, 2.24) is 5.32 Å². The molecule has 0 aromatic heterocycles. The van der Waals surface area contributed by atoms with Gasteiger partial charge in [0.15, 0.2) is 5.17 Å². The molecule has 3 rings (SSSR count). The molecule has 1 heterocycles. The molecule has 2 aromatic carbocycles. The highest BCUT2D eigenvalue weighted by molar-refractivity contribution is 8.15. The second kappa shape index (κ2) is 8.53. The molecule has 0 radical (unpaired) electrons. The Kier molecular flexibility index (Phi) is 6.10. The van der Waals surface area contributed by atoms with E-state index in [-0.39, 0.29) is 16.6 Å². The number of amides is 1. The van der Waals surface area contributed by atoms with E-state index in [2.05, 4.69) is 15.0 Å². The Morgan fingerprint density at radius 2 is 1.96 bits per heavy atom. The third-order valence-corrected chi connectivity index (χ3v) is 5.39. The minimum atomic E-state index is -3.98. The average molecular weight is 422 g/mol. The van der Waals surface area contributed by atoms with Crippen molar-refractivity contribution in [2.75, 3.05) is 11.3 Å². The van der Waals surface area contributed by atoms with Crippen LogP contribution in [0, 0.1) is 5.92 Å². The van der Waals surface area contributed by atoms with Crippen molar-refractivity contribution in [3.8, 4) is 5.75 Å². The number of hydrogen-bond donors (Lipinski definition) is 2. The molecule has 0 atom stereocenters. The van der Waals surface area contributed by atoms with Gasteiger partial charge in [-0.2, -0.15) is 8.42 Å². The van der Waals surface area contributed by atoms with Crippen molar-refractivity contribution in [2.45, 2.75) is 18.7 Å². The van der Waals surface area contributed by atoms with Crippen LogP contribution < -0.4 is 14.2 Å². The first-order valence-corrected chi connectivity index (χ1v) is 10.6. The van der Waals surface area contributed by atoms with E-state index < -0.39 is 16.2 Å². The average Bonchev–Trinajstić information content (AvgIpc) is 2.66. The smallest absolute Gasteiger partial charge is 0.413 e. The van der Waals surface area contributed by atoms with Gasteiger partial charge in [-0.15, -0.1) is 0 Å². The van der Waals surface area contributed by atoms with Crippen LogP contribution in [0.3, 0.4) is 0 Å². The molecule has 0 unspecified atom stereocenters. The SMILES string of the molecule is CC(C)COC(=O)NC1=Nc2ccc(S(=O)(=O)Oc3ccccc3)cc2NS1. The summed E-state index contributed by atoms with van der Waals surface area (Å²) in [7, 11) is -3.98. The van der Waals surface area contributed by atoms with Crippen LogP contribution in [0.2, 0.25) is 0 Å². The molecule has 1 aliphatic heterocycles. The number of fused-ring (bicyclic) bond motifs is 1. The number of benzene rings is 2. The van der Waals surface area contributed by atoms with Crippen LogP contribution in [0.15, 0.2) is 58.4 Å². The van der Waals surface area contributed by atoms with Crippen LogP contribution in [0.5, 0.6) is 5.75 Å². The molecular weight excluding hydrogens is 402 g/mol. The normalized spacial score (nSPS) is 13.2. The summed E-state index contributed by atoms with van der Waals surface area (Å²) in [5, 5.41) is 2.84. The summed E-state index contributed by atoms with van der Waals surface area (Å²) in [6.45, 7) is 4.17. The van der Waals surface area contributed by atoms with Crippen LogP contribution in [-0.2, 0) is 14.9 Å². The molecule has 0 saturated heterocycles. The van der Waals surface area contributed by atoms with Crippen molar-refractivity contribution in [3.63, 3.8) is 0 Å². The number of hydrogen-bond acceptors (Lipinski definition) is 8.